The maximum Gasteiger partial charge on any atom is 0.267 e. The lowest BCUT2D eigenvalue weighted by Gasteiger charge is -2.23. The van der Waals surface area contributed by atoms with Crippen LogP contribution in [0.2, 0.25) is 0 Å². The van der Waals surface area contributed by atoms with E-state index in [0.29, 0.717) is 0 Å². The number of hydrogen-bond acceptors (Lipinski definition) is 2. The summed E-state index contributed by atoms with van der Waals surface area (Å²) in [6, 6.07) is 24.2. The Bertz CT molecular complexity index is 870. The minimum absolute atomic E-state index is 0.558. The molecule has 0 saturated heterocycles. The molecule has 0 aliphatic carbocycles. The first-order chi connectivity index (χ1) is 13.7. The van der Waals surface area contributed by atoms with Gasteiger partial charge in [0.1, 0.15) is 11.5 Å². The Labute approximate surface area is 167 Å². The van der Waals surface area contributed by atoms with Gasteiger partial charge in [-0.05, 0) is 43.0 Å². The van der Waals surface area contributed by atoms with Gasteiger partial charge in [-0.15, -0.1) is 13.2 Å². The Morgan fingerprint density at radius 2 is 1.18 bits per heavy atom. The van der Waals surface area contributed by atoms with Gasteiger partial charge in [0, 0.05) is 5.56 Å². The maximum atomic E-state index is 6.37. The van der Waals surface area contributed by atoms with Gasteiger partial charge in [-0.3, -0.25) is 0 Å². The van der Waals surface area contributed by atoms with Crippen molar-refractivity contribution >= 4 is 0 Å². The molecule has 0 unspecified atom stereocenters. The lowest BCUT2D eigenvalue weighted by atomic mass is 10.1. The van der Waals surface area contributed by atoms with Crippen LogP contribution in [0.3, 0.4) is 0 Å². The van der Waals surface area contributed by atoms with Crippen LogP contribution >= 0.6 is 0 Å². The van der Waals surface area contributed by atoms with Crippen LogP contribution in [0, 0.1) is 6.92 Å². The van der Waals surface area contributed by atoms with Crippen molar-refractivity contribution in [2.75, 3.05) is 0 Å². The average molecular weight is 370 g/mol. The normalized spacial score (nSPS) is 10.5. The molecule has 0 bridgehead atoms. The summed E-state index contributed by atoms with van der Waals surface area (Å²) in [6.07, 6.45) is 4.68. The fourth-order valence-corrected chi connectivity index (χ4v) is 3.00. The Kier molecular flexibility index (Phi) is 6.69. The number of hydrogen-bond donors (Lipinski definition) is 0. The second-order valence-corrected chi connectivity index (χ2v) is 6.68. The minimum Gasteiger partial charge on any atom is -0.450 e. The zero-order chi connectivity index (χ0) is 19.8. The van der Waals surface area contributed by atoms with Crippen molar-refractivity contribution in [1.29, 1.82) is 0 Å². The fraction of sp³-hybridized carbons (Fsp3) is 0.154. The predicted octanol–water partition coefficient (Wildman–Crippen LogP) is 6.61. The molecule has 0 aliphatic heterocycles. The molecule has 0 aromatic heterocycles. The van der Waals surface area contributed by atoms with Gasteiger partial charge in [0.2, 0.25) is 0 Å². The zero-order valence-corrected chi connectivity index (χ0v) is 16.3. The van der Waals surface area contributed by atoms with E-state index in [4.69, 9.17) is 9.47 Å². The highest BCUT2D eigenvalue weighted by Crippen LogP contribution is 2.30. The van der Waals surface area contributed by atoms with Gasteiger partial charge >= 0.3 is 0 Å². The van der Waals surface area contributed by atoms with Crippen LogP contribution in [0.25, 0.3) is 0 Å². The number of rotatable bonds is 9. The minimum atomic E-state index is -0.558. The van der Waals surface area contributed by atoms with E-state index in [1.54, 1.807) is 0 Å². The van der Waals surface area contributed by atoms with Crippen LogP contribution in [-0.2, 0) is 12.8 Å². The first kappa shape index (κ1) is 19.5. The Balaban J connectivity index is 1.95. The molecule has 2 heteroatoms. The topological polar surface area (TPSA) is 18.5 Å². The molecule has 0 radical (unpaired) electrons. The molecule has 0 N–H and O–H groups in total. The summed E-state index contributed by atoms with van der Waals surface area (Å²) >= 11 is 0. The number of benzene rings is 3. The summed E-state index contributed by atoms with van der Waals surface area (Å²) in [5, 5.41) is 0. The van der Waals surface area contributed by atoms with Crippen LogP contribution in [0.4, 0.5) is 0 Å². The highest BCUT2D eigenvalue weighted by Gasteiger charge is 2.18. The van der Waals surface area contributed by atoms with E-state index in [0.717, 1.165) is 41.0 Å². The van der Waals surface area contributed by atoms with Gasteiger partial charge in [-0.25, -0.2) is 0 Å². The third kappa shape index (κ3) is 4.92. The lowest BCUT2D eigenvalue weighted by molar-refractivity contribution is 0.00254. The third-order valence-electron chi connectivity index (χ3n) is 4.49. The zero-order valence-electron chi connectivity index (χ0n) is 16.3. The second-order valence-electron chi connectivity index (χ2n) is 6.68. The van der Waals surface area contributed by atoms with E-state index < -0.39 is 6.29 Å². The van der Waals surface area contributed by atoms with Gasteiger partial charge in [0.05, 0.1) is 0 Å². The molecular formula is C26H26O2. The molecule has 0 fully saturated rings. The Morgan fingerprint density at radius 3 is 1.64 bits per heavy atom. The predicted molar refractivity (Wildman–Crippen MR) is 116 cm³/mol. The monoisotopic (exact) mass is 370 g/mol. The molecule has 0 atom stereocenters. The van der Waals surface area contributed by atoms with Crippen molar-refractivity contribution in [2.45, 2.75) is 26.1 Å². The number of allylic oxidation sites excluding steroid dienone is 2. The van der Waals surface area contributed by atoms with Gasteiger partial charge in [-0.1, -0.05) is 78.4 Å². The highest BCUT2D eigenvalue weighted by atomic mass is 16.7. The molecule has 0 spiro atoms. The number of para-hydroxylation sites is 2. The van der Waals surface area contributed by atoms with Crippen LogP contribution in [0.15, 0.2) is 98.1 Å². The van der Waals surface area contributed by atoms with E-state index in [-0.39, 0.29) is 0 Å². The Morgan fingerprint density at radius 1 is 0.714 bits per heavy atom. The highest BCUT2D eigenvalue weighted by molar-refractivity contribution is 5.37. The van der Waals surface area contributed by atoms with Crippen LogP contribution < -0.4 is 9.47 Å². The van der Waals surface area contributed by atoms with Crippen molar-refractivity contribution in [2.24, 2.45) is 0 Å². The van der Waals surface area contributed by atoms with Crippen LogP contribution in [0.1, 0.15) is 28.5 Å². The smallest absolute Gasteiger partial charge is 0.267 e. The van der Waals surface area contributed by atoms with Gasteiger partial charge in [-0.2, -0.15) is 0 Å². The molecule has 3 aromatic rings. The molecule has 0 heterocycles. The standard InChI is InChI=1S/C26H26O2/c1-4-10-21-12-6-8-14-24(21)27-26(23-18-16-20(3)17-19-23)28-25-15-9-7-13-22(25)11-5-2/h4-9,12-19,26H,1-2,10-11H2,3H3. The van der Waals surface area contributed by atoms with E-state index in [2.05, 4.69) is 44.3 Å². The van der Waals surface area contributed by atoms with Crippen LogP contribution in [-0.4, -0.2) is 0 Å². The maximum absolute atomic E-state index is 6.37. The molecule has 28 heavy (non-hydrogen) atoms. The molecule has 3 aromatic carbocycles. The van der Waals surface area contributed by atoms with Crippen molar-refractivity contribution < 1.29 is 9.47 Å². The van der Waals surface area contributed by atoms with E-state index >= 15 is 0 Å². The van der Waals surface area contributed by atoms with Crippen molar-refractivity contribution in [3.8, 4) is 11.5 Å². The van der Waals surface area contributed by atoms with Crippen molar-refractivity contribution in [1.82, 2.24) is 0 Å². The average Bonchev–Trinajstić information content (AvgIpc) is 2.71. The summed E-state index contributed by atoms with van der Waals surface area (Å²) < 4.78 is 12.7. The molecule has 0 saturated carbocycles. The van der Waals surface area contributed by atoms with Gasteiger partial charge in [0.15, 0.2) is 0 Å². The number of aryl methyl sites for hydroxylation is 1. The fourth-order valence-electron chi connectivity index (χ4n) is 3.00. The Hall–Kier alpha value is -3.26. The first-order valence-electron chi connectivity index (χ1n) is 9.48. The first-order valence-corrected chi connectivity index (χ1v) is 9.48. The van der Waals surface area contributed by atoms with Crippen molar-refractivity contribution in [3.63, 3.8) is 0 Å². The van der Waals surface area contributed by atoms with E-state index in [9.17, 15) is 0 Å². The van der Waals surface area contributed by atoms with Crippen LogP contribution in [0.5, 0.6) is 11.5 Å². The lowest BCUT2D eigenvalue weighted by Crippen LogP contribution is -2.16. The third-order valence-corrected chi connectivity index (χ3v) is 4.49. The molecule has 0 aliphatic rings. The largest absolute Gasteiger partial charge is 0.450 e. The summed E-state index contributed by atoms with van der Waals surface area (Å²) in [5.74, 6) is 1.60. The molecule has 0 amide bonds. The summed E-state index contributed by atoms with van der Waals surface area (Å²) in [6.45, 7) is 9.76. The summed E-state index contributed by atoms with van der Waals surface area (Å²) in [7, 11) is 0. The summed E-state index contributed by atoms with van der Waals surface area (Å²) in [5.41, 5.74) is 4.32. The second kappa shape index (κ2) is 9.61. The molecule has 142 valence electrons. The molecule has 3 rings (SSSR count). The van der Waals surface area contributed by atoms with Gasteiger partial charge in [0.25, 0.3) is 6.29 Å². The van der Waals surface area contributed by atoms with E-state index in [1.165, 1.54) is 5.56 Å². The summed E-state index contributed by atoms with van der Waals surface area (Å²) in [4.78, 5) is 0. The number of ether oxygens (including phenoxy) is 2. The van der Waals surface area contributed by atoms with E-state index in [1.807, 2.05) is 60.7 Å². The van der Waals surface area contributed by atoms with Crippen molar-refractivity contribution in [3.05, 3.63) is 120 Å². The van der Waals surface area contributed by atoms with Gasteiger partial charge < -0.3 is 9.47 Å². The quantitative estimate of drug-likeness (QED) is 0.312. The molecular weight excluding hydrogens is 344 g/mol. The SMILES string of the molecule is C=CCc1ccccc1OC(Oc1ccccc1CC=C)c1ccc(C)cc1. The molecule has 2 nitrogen and oxygen atoms in total.